The maximum atomic E-state index is 5.56. The van der Waals surface area contributed by atoms with Gasteiger partial charge in [-0.1, -0.05) is 26.7 Å². The number of unbranched alkanes of at least 4 members (excludes halogenated alkanes) is 1. The summed E-state index contributed by atoms with van der Waals surface area (Å²) in [6, 6.07) is 0.494. The number of rotatable bonds is 12. The summed E-state index contributed by atoms with van der Waals surface area (Å²) in [5.74, 6) is 2.71. The van der Waals surface area contributed by atoms with E-state index in [9.17, 15) is 0 Å². The molecule has 1 fully saturated rings. The van der Waals surface area contributed by atoms with Gasteiger partial charge in [-0.2, -0.15) is 0 Å². The predicted octanol–water partition coefficient (Wildman–Crippen LogP) is 2.66. The minimum absolute atomic E-state index is 0.494. The molecule has 1 saturated heterocycles. The van der Waals surface area contributed by atoms with Crippen molar-refractivity contribution in [2.45, 2.75) is 66.0 Å². The molecular formula is C22H42N6O. The van der Waals surface area contributed by atoms with Gasteiger partial charge in [-0.3, -0.25) is 9.89 Å². The SMILES string of the molecule is CCNC(=NCC(C(CC)CC)N1CCOCC1)NCCCCn1ccnc1C. The molecule has 7 heteroatoms. The molecule has 1 atom stereocenters. The van der Waals surface area contributed by atoms with E-state index in [-0.39, 0.29) is 0 Å². The molecule has 1 aromatic rings. The summed E-state index contributed by atoms with van der Waals surface area (Å²) in [4.78, 5) is 11.8. The van der Waals surface area contributed by atoms with Crippen LogP contribution in [0.2, 0.25) is 0 Å². The minimum atomic E-state index is 0.494. The van der Waals surface area contributed by atoms with Gasteiger partial charge in [-0.25, -0.2) is 4.98 Å². The van der Waals surface area contributed by atoms with Crippen molar-refractivity contribution in [1.29, 1.82) is 0 Å². The maximum absolute atomic E-state index is 5.56. The average molecular weight is 407 g/mol. The van der Waals surface area contributed by atoms with Crippen LogP contribution in [-0.2, 0) is 11.3 Å². The van der Waals surface area contributed by atoms with E-state index < -0.39 is 0 Å². The number of nitrogens with one attached hydrogen (secondary N) is 2. The highest BCUT2D eigenvalue weighted by Crippen LogP contribution is 2.20. The van der Waals surface area contributed by atoms with Gasteiger partial charge >= 0.3 is 0 Å². The molecule has 0 saturated carbocycles. The number of guanidine groups is 1. The monoisotopic (exact) mass is 406 g/mol. The Morgan fingerprint density at radius 3 is 2.55 bits per heavy atom. The zero-order chi connectivity index (χ0) is 20.9. The average Bonchev–Trinajstić information content (AvgIpc) is 3.16. The molecule has 0 radical (unpaired) electrons. The lowest BCUT2D eigenvalue weighted by Gasteiger charge is -2.38. The third kappa shape index (κ3) is 7.97. The lowest BCUT2D eigenvalue weighted by atomic mass is 9.92. The fraction of sp³-hybridized carbons (Fsp3) is 0.818. The normalized spacial score (nSPS) is 16.9. The van der Waals surface area contributed by atoms with E-state index in [4.69, 9.17) is 9.73 Å². The molecule has 0 bridgehead atoms. The van der Waals surface area contributed by atoms with E-state index in [1.54, 1.807) is 0 Å². The summed E-state index contributed by atoms with van der Waals surface area (Å²) >= 11 is 0. The van der Waals surface area contributed by atoms with E-state index >= 15 is 0 Å². The lowest BCUT2D eigenvalue weighted by Crippen LogP contribution is -2.49. The van der Waals surface area contributed by atoms with Crippen LogP contribution < -0.4 is 10.6 Å². The molecule has 2 N–H and O–H groups in total. The Hall–Kier alpha value is -1.60. The number of morpholine rings is 1. The Morgan fingerprint density at radius 2 is 1.93 bits per heavy atom. The minimum Gasteiger partial charge on any atom is -0.379 e. The topological polar surface area (TPSA) is 66.7 Å². The number of aryl methyl sites for hydroxylation is 2. The second kappa shape index (κ2) is 13.6. The van der Waals surface area contributed by atoms with Gasteiger partial charge in [0.05, 0.1) is 19.8 Å². The van der Waals surface area contributed by atoms with Crippen molar-refractivity contribution in [3.8, 4) is 0 Å². The highest BCUT2D eigenvalue weighted by molar-refractivity contribution is 5.79. The van der Waals surface area contributed by atoms with Gasteiger partial charge in [0.1, 0.15) is 5.82 Å². The van der Waals surface area contributed by atoms with Crippen LogP contribution in [0.4, 0.5) is 0 Å². The van der Waals surface area contributed by atoms with E-state index in [1.807, 2.05) is 6.20 Å². The Balaban J connectivity index is 1.84. The first-order chi connectivity index (χ1) is 14.2. The first kappa shape index (κ1) is 23.7. The molecule has 0 spiro atoms. The molecule has 1 aliphatic rings. The van der Waals surface area contributed by atoms with E-state index in [2.05, 4.69) is 59.0 Å². The molecule has 29 heavy (non-hydrogen) atoms. The second-order valence-corrected chi connectivity index (χ2v) is 7.81. The van der Waals surface area contributed by atoms with Gasteiger partial charge in [0, 0.05) is 51.2 Å². The van der Waals surface area contributed by atoms with Gasteiger partial charge < -0.3 is 19.9 Å². The van der Waals surface area contributed by atoms with Crippen molar-refractivity contribution in [2.24, 2.45) is 10.9 Å². The molecule has 1 aliphatic heterocycles. The van der Waals surface area contributed by atoms with E-state index in [1.165, 1.54) is 12.8 Å². The van der Waals surface area contributed by atoms with Crippen molar-refractivity contribution < 1.29 is 4.74 Å². The molecule has 2 rings (SSSR count). The first-order valence-corrected chi connectivity index (χ1v) is 11.5. The van der Waals surface area contributed by atoms with Gasteiger partial charge in [0.15, 0.2) is 5.96 Å². The number of hydrogen-bond acceptors (Lipinski definition) is 4. The summed E-state index contributed by atoms with van der Waals surface area (Å²) in [5, 5.41) is 6.93. The molecule has 166 valence electrons. The molecule has 2 heterocycles. The molecular weight excluding hydrogens is 364 g/mol. The van der Waals surface area contributed by atoms with Crippen LogP contribution in [0, 0.1) is 12.8 Å². The molecule has 0 aliphatic carbocycles. The van der Waals surface area contributed by atoms with Gasteiger partial charge in [-0.05, 0) is 32.6 Å². The number of imidazole rings is 1. The number of hydrogen-bond donors (Lipinski definition) is 2. The van der Waals surface area contributed by atoms with Crippen LogP contribution in [0.25, 0.3) is 0 Å². The number of ether oxygens (including phenoxy) is 1. The van der Waals surface area contributed by atoms with Crippen LogP contribution in [-0.4, -0.2) is 72.4 Å². The number of nitrogens with zero attached hydrogens (tertiary/aromatic N) is 4. The predicted molar refractivity (Wildman–Crippen MR) is 120 cm³/mol. The van der Waals surface area contributed by atoms with Crippen LogP contribution in [0.3, 0.4) is 0 Å². The van der Waals surface area contributed by atoms with Crippen molar-refractivity contribution >= 4 is 5.96 Å². The Kier molecular flexibility index (Phi) is 11.1. The molecule has 1 aromatic heterocycles. The Morgan fingerprint density at radius 1 is 1.17 bits per heavy atom. The second-order valence-electron chi connectivity index (χ2n) is 7.81. The lowest BCUT2D eigenvalue weighted by molar-refractivity contribution is 0.00395. The smallest absolute Gasteiger partial charge is 0.191 e. The van der Waals surface area contributed by atoms with Gasteiger partial charge in [0.2, 0.25) is 0 Å². The third-order valence-corrected chi connectivity index (χ3v) is 5.93. The number of aliphatic imine (C=N–C) groups is 1. The molecule has 0 aromatic carbocycles. The van der Waals surface area contributed by atoms with Crippen molar-refractivity contribution in [1.82, 2.24) is 25.1 Å². The highest BCUT2D eigenvalue weighted by atomic mass is 16.5. The number of aromatic nitrogens is 2. The maximum Gasteiger partial charge on any atom is 0.191 e. The van der Waals surface area contributed by atoms with Crippen molar-refractivity contribution in [2.75, 3.05) is 45.9 Å². The van der Waals surface area contributed by atoms with Gasteiger partial charge in [-0.15, -0.1) is 0 Å². The summed E-state index contributed by atoms with van der Waals surface area (Å²) < 4.78 is 7.77. The summed E-state index contributed by atoms with van der Waals surface area (Å²) in [6.45, 7) is 16.2. The fourth-order valence-corrected chi connectivity index (χ4v) is 4.09. The van der Waals surface area contributed by atoms with Gasteiger partial charge in [0.25, 0.3) is 0 Å². The molecule has 7 nitrogen and oxygen atoms in total. The summed E-state index contributed by atoms with van der Waals surface area (Å²) in [5.41, 5.74) is 0. The Bertz CT molecular complexity index is 578. The largest absolute Gasteiger partial charge is 0.379 e. The first-order valence-electron chi connectivity index (χ1n) is 11.5. The van der Waals surface area contributed by atoms with Crippen molar-refractivity contribution in [3.63, 3.8) is 0 Å². The summed E-state index contributed by atoms with van der Waals surface area (Å²) in [7, 11) is 0. The third-order valence-electron chi connectivity index (χ3n) is 5.93. The van der Waals surface area contributed by atoms with Crippen molar-refractivity contribution in [3.05, 3.63) is 18.2 Å². The molecule has 0 amide bonds. The van der Waals surface area contributed by atoms with Crippen LogP contribution in [0.5, 0.6) is 0 Å². The van der Waals surface area contributed by atoms with Crippen LogP contribution >= 0.6 is 0 Å². The van der Waals surface area contributed by atoms with Crippen LogP contribution in [0.1, 0.15) is 52.3 Å². The van der Waals surface area contributed by atoms with E-state index in [0.29, 0.717) is 12.0 Å². The Labute approximate surface area is 177 Å². The summed E-state index contributed by atoms with van der Waals surface area (Å²) in [6.07, 6.45) is 8.57. The molecule has 1 unspecified atom stereocenters. The quantitative estimate of drug-likeness (QED) is 0.317. The van der Waals surface area contributed by atoms with E-state index in [0.717, 1.165) is 77.1 Å². The van der Waals surface area contributed by atoms with Crippen LogP contribution in [0.15, 0.2) is 17.4 Å². The highest BCUT2D eigenvalue weighted by Gasteiger charge is 2.26. The standard InChI is InChI=1S/C22H42N6O/c1-5-20(6-2)21(28-14-16-29-17-15-28)18-26-22(23-7-3)25-10-8-9-12-27-13-11-24-19(27)4/h11,13,20-21H,5-10,12,14-18H2,1-4H3,(H2,23,25,26). The zero-order valence-corrected chi connectivity index (χ0v) is 19.0. The zero-order valence-electron chi connectivity index (χ0n) is 19.0. The fourth-order valence-electron chi connectivity index (χ4n) is 4.09.